The minimum absolute atomic E-state index is 0.0138. The van der Waals surface area contributed by atoms with Gasteiger partial charge in [-0.25, -0.2) is 14.8 Å². The van der Waals surface area contributed by atoms with Gasteiger partial charge in [-0.3, -0.25) is 0 Å². The number of hydrogen-bond donors (Lipinski definition) is 3. The van der Waals surface area contributed by atoms with Gasteiger partial charge in [0.1, 0.15) is 12.7 Å². The van der Waals surface area contributed by atoms with E-state index in [1.54, 1.807) is 0 Å². The van der Waals surface area contributed by atoms with Crippen molar-refractivity contribution in [2.45, 2.75) is 24.5 Å². The van der Waals surface area contributed by atoms with Crippen LogP contribution in [0.2, 0.25) is 0 Å². The van der Waals surface area contributed by atoms with Crippen molar-refractivity contribution in [2.24, 2.45) is 0 Å². The summed E-state index contributed by atoms with van der Waals surface area (Å²) in [7, 11) is 0. The summed E-state index contributed by atoms with van der Waals surface area (Å²) >= 11 is 3.22. The maximum absolute atomic E-state index is 12.2. The Morgan fingerprint density at radius 3 is 2.23 bits per heavy atom. The summed E-state index contributed by atoms with van der Waals surface area (Å²) in [5.41, 5.74) is 4.62. The van der Waals surface area contributed by atoms with Crippen LogP contribution in [-0.4, -0.2) is 45.5 Å². The molecule has 3 aromatic rings. The number of halogens is 1. The van der Waals surface area contributed by atoms with Gasteiger partial charge in [0.2, 0.25) is 0 Å². The van der Waals surface area contributed by atoms with Crippen molar-refractivity contribution in [3.8, 4) is 11.1 Å². The third-order valence-corrected chi connectivity index (χ3v) is 5.73. The quantitative estimate of drug-likeness (QED) is 0.474. The summed E-state index contributed by atoms with van der Waals surface area (Å²) < 4.78 is 6.13. The second-order valence-electron chi connectivity index (χ2n) is 7.31. The molecule has 160 valence electrons. The first-order valence-corrected chi connectivity index (χ1v) is 10.8. The number of nitrogens with one attached hydrogen (secondary N) is 1. The van der Waals surface area contributed by atoms with Gasteiger partial charge >= 0.3 is 6.09 Å². The fourth-order valence-electron chi connectivity index (χ4n) is 3.78. The topological polar surface area (TPSA) is 105 Å². The first kappa shape index (κ1) is 21.4. The summed E-state index contributed by atoms with van der Waals surface area (Å²) in [4.78, 5) is 20.1. The molecule has 1 aromatic heterocycles. The van der Waals surface area contributed by atoms with Gasteiger partial charge in [0, 0.05) is 24.9 Å². The lowest BCUT2D eigenvalue weighted by Gasteiger charge is -2.17. The maximum Gasteiger partial charge on any atom is 0.407 e. The van der Waals surface area contributed by atoms with Crippen LogP contribution in [0.15, 0.2) is 65.4 Å². The highest BCUT2D eigenvalue weighted by molar-refractivity contribution is 9.10. The predicted molar refractivity (Wildman–Crippen MR) is 118 cm³/mol. The SMILES string of the molecule is O=C(NCCC(O)C(O)c1ncc(Br)cn1)OCC1c2ccccc2-c2ccccc21. The number of amides is 1. The van der Waals surface area contributed by atoms with Crippen LogP contribution in [0.3, 0.4) is 0 Å². The molecule has 2 aromatic carbocycles. The molecular formula is C23H22BrN3O4. The average molecular weight is 484 g/mol. The highest BCUT2D eigenvalue weighted by Gasteiger charge is 2.29. The average Bonchev–Trinajstić information content (AvgIpc) is 3.11. The molecule has 0 aliphatic heterocycles. The van der Waals surface area contributed by atoms with Gasteiger partial charge in [0.25, 0.3) is 0 Å². The number of aliphatic hydroxyl groups excluding tert-OH is 2. The number of nitrogens with zero attached hydrogens (tertiary/aromatic N) is 2. The van der Waals surface area contributed by atoms with Crippen molar-refractivity contribution in [3.05, 3.63) is 82.3 Å². The number of hydrogen-bond acceptors (Lipinski definition) is 6. The van der Waals surface area contributed by atoms with Gasteiger partial charge < -0.3 is 20.3 Å². The zero-order valence-electron chi connectivity index (χ0n) is 16.6. The van der Waals surface area contributed by atoms with Gasteiger partial charge in [0.15, 0.2) is 5.82 Å². The summed E-state index contributed by atoms with van der Waals surface area (Å²) in [6.07, 6.45) is 0.196. The van der Waals surface area contributed by atoms with Crippen molar-refractivity contribution >= 4 is 22.0 Å². The van der Waals surface area contributed by atoms with Crippen LogP contribution in [0, 0.1) is 0 Å². The normalized spacial score (nSPS) is 14.4. The highest BCUT2D eigenvalue weighted by atomic mass is 79.9. The molecule has 1 amide bonds. The van der Waals surface area contributed by atoms with Gasteiger partial charge in [-0.15, -0.1) is 0 Å². The molecule has 4 rings (SSSR count). The summed E-state index contributed by atoms with van der Waals surface area (Å²) in [5.74, 6) is 0.108. The van der Waals surface area contributed by atoms with Crippen LogP contribution < -0.4 is 5.32 Å². The van der Waals surface area contributed by atoms with Crippen LogP contribution in [0.5, 0.6) is 0 Å². The Hall–Kier alpha value is -2.81. The molecule has 3 N–H and O–H groups in total. The molecule has 8 heteroatoms. The van der Waals surface area contributed by atoms with E-state index in [-0.39, 0.29) is 31.3 Å². The fraction of sp³-hybridized carbons (Fsp3) is 0.261. The second kappa shape index (κ2) is 9.55. The molecule has 0 bridgehead atoms. The first-order valence-electron chi connectivity index (χ1n) is 9.97. The van der Waals surface area contributed by atoms with Crippen LogP contribution in [-0.2, 0) is 4.74 Å². The van der Waals surface area contributed by atoms with E-state index < -0.39 is 18.3 Å². The molecule has 0 fully saturated rings. The molecule has 31 heavy (non-hydrogen) atoms. The molecule has 7 nitrogen and oxygen atoms in total. The zero-order valence-corrected chi connectivity index (χ0v) is 18.2. The minimum atomic E-state index is -1.24. The first-order chi connectivity index (χ1) is 15.0. The number of carbonyl (C=O) groups is 1. The summed E-state index contributed by atoms with van der Waals surface area (Å²) in [6.45, 7) is 0.364. The maximum atomic E-state index is 12.2. The Bertz CT molecular complexity index is 1020. The summed E-state index contributed by atoms with van der Waals surface area (Å²) in [6, 6.07) is 16.3. The van der Waals surface area contributed by atoms with Crippen LogP contribution in [0.4, 0.5) is 4.79 Å². The standard InChI is InChI=1S/C23H22BrN3O4/c24-14-11-26-22(27-12-14)21(29)20(28)9-10-25-23(30)31-13-19-17-7-3-1-5-15(17)16-6-2-4-8-18(16)19/h1-8,11-12,19-21,28-29H,9-10,13H2,(H,25,30). The highest BCUT2D eigenvalue weighted by Crippen LogP contribution is 2.44. The molecule has 2 unspecified atom stereocenters. The van der Waals surface area contributed by atoms with Crippen molar-refractivity contribution in [2.75, 3.05) is 13.2 Å². The molecule has 0 saturated heterocycles. The number of alkyl carbamates (subject to hydrolysis) is 1. The van der Waals surface area contributed by atoms with Crippen LogP contribution in [0.25, 0.3) is 11.1 Å². The van der Waals surface area contributed by atoms with E-state index in [9.17, 15) is 15.0 Å². The van der Waals surface area contributed by atoms with Crippen molar-refractivity contribution in [3.63, 3.8) is 0 Å². The van der Waals surface area contributed by atoms with E-state index in [1.165, 1.54) is 23.5 Å². The Balaban J connectivity index is 1.28. The van der Waals surface area contributed by atoms with Crippen molar-refractivity contribution < 1.29 is 19.7 Å². The van der Waals surface area contributed by atoms with Crippen LogP contribution in [0.1, 0.15) is 35.4 Å². The summed E-state index contributed by atoms with van der Waals surface area (Å²) in [5, 5.41) is 22.9. The number of fused-ring (bicyclic) bond motifs is 3. The third kappa shape index (κ3) is 4.76. The van der Waals surface area contributed by atoms with Crippen LogP contribution >= 0.6 is 15.9 Å². The number of benzene rings is 2. The smallest absolute Gasteiger partial charge is 0.407 e. The Morgan fingerprint density at radius 1 is 1.03 bits per heavy atom. The Labute approximate surface area is 188 Å². The lowest BCUT2D eigenvalue weighted by atomic mass is 9.98. The Kier molecular flexibility index (Phi) is 6.60. The zero-order chi connectivity index (χ0) is 21.8. The largest absolute Gasteiger partial charge is 0.449 e. The number of aromatic nitrogens is 2. The van der Waals surface area contributed by atoms with Gasteiger partial charge in [0.05, 0.1) is 10.6 Å². The predicted octanol–water partition coefficient (Wildman–Crippen LogP) is 3.56. The molecule has 0 radical (unpaired) electrons. The molecule has 1 aliphatic rings. The Morgan fingerprint density at radius 2 is 1.61 bits per heavy atom. The molecule has 1 aliphatic carbocycles. The monoisotopic (exact) mass is 483 g/mol. The number of ether oxygens (including phenoxy) is 1. The fourth-order valence-corrected chi connectivity index (χ4v) is 3.98. The minimum Gasteiger partial charge on any atom is -0.449 e. The van der Waals surface area contributed by atoms with E-state index in [1.807, 2.05) is 24.3 Å². The molecule has 2 atom stereocenters. The van der Waals surface area contributed by atoms with Crippen molar-refractivity contribution in [1.29, 1.82) is 0 Å². The van der Waals surface area contributed by atoms with Crippen molar-refractivity contribution in [1.82, 2.24) is 15.3 Å². The molecule has 1 heterocycles. The van der Waals surface area contributed by atoms with Gasteiger partial charge in [-0.1, -0.05) is 48.5 Å². The van der Waals surface area contributed by atoms with E-state index in [0.29, 0.717) is 4.47 Å². The van der Waals surface area contributed by atoms with E-state index in [2.05, 4.69) is 55.5 Å². The van der Waals surface area contributed by atoms with Gasteiger partial charge in [-0.05, 0) is 44.6 Å². The molecule has 0 spiro atoms. The number of rotatable bonds is 7. The second-order valence-corrected chi connectivity index (χ2v) is 8.23. The third-order valence-electron chi connectivity index (χ3n) is 5.32. The van der Waals surface area contributed by atoms with E-state index in [0.717, 1.165) is 11.1 Å². The lowest BCUT2D eigenvalue weighted by Crippen LogP contribution is -2.31. The molecule has 0 saturated carbocycles. The number of aliphatic hydroxyl groups is 2. The lowest BCUT2D eigenvalue weighted by molar-refractivity contribution is 0.00843. The number of carbonyl (C=O) groups excluding carboxylic acids is 1. The van der Waals surface area contributed by atoms with E-state index in [4.69, 9.17) is 4.74 Å². The van der Waals surface area contributed by atoms with Gasteiger partial charge in [-0.2, -0.15) is 0 Å². The van der Waals surface area contributed by atoms with E-state index >= 15 is 0 Å². The molecular weight excluding hydrogens is 462 g/mol.